The number of fused-ring (bicyclic) bond motifs is 1. The quantitative estimate of drug-likeness (QED) is 0.852. The highest BCUT2D eigenvalue weighted by Gasteiger charge is 2.43. The van der Waals surface area contributed by atoms with E-state index in [1.807, 2.05) is 13.0 Å². The van der Waals surface area contributed by atoms with E-state index in [2.05, 4.69) is 25.6 Å². The third-order valence-electron chi connectivity index (χ3n) is 4.95. The van der Waals surface area contributed by atoms with Gasteiger partial charge in [0.15, 0.2) is 0 Å². The molecule has 4 heterocycles. The average molecular weight is 343 g/mol. The first-order valence-electron chi connectivity index (χ1n) is 8.50. The Morgan fingerprint density at radius 2 is 2.32 bits per heavy atom. The van der Waals surface area contributed by atoms with Gasteiger partial charge < -0.3 is 14.6 Å². The molecule has 2 fully saturated rings. The summed E-state index contributed by atoms with van der Waals surface area (Å²) in [6.45, 7) is 5.83. The molecule has 0 aliphatic carbocycles. The van der Waals surface area contributed by atoms with Crippen molar-refractivity contribution in [3.05, 3.63) is 41.5 Å². The minimum atomic E-state index is -0.119. The highest BCUT2D eigenvalue weighted by Crippen LogP contribution is 2.34. The molecule has 8 heteroatoms. The number of ether oxygens (including phenoxy) is 1. The normalized spacial score (nSPS) is 25.9. The molecule has 25 heavy (non-hydrogen) atoms. The van der Waals surface area contributed by atoms with Gasteiger partial charge in [-0.1, -0.05) is 5.16 Å². The van der Waals surface area contributed by atoms with Gasteiger partial charge in [-0.25, -0.2) is 0 Å². The molecule has 0 aromatic carbocycles. The fourth-order valence-corrected chi connectivity index (χ4v) is 3.69. The van der Waals surface area contributed by atoms with Crippen LogP contribution in [0.3, 0.4) is 0 Å². The molecule has 1 N–H and O–H groups in total. The fraction of sp³-hybridized carbons (Fsp3) is 0.529. The maximum atomic E-state index is 12.2. The van der Waals surface area contributed by atoms with Gasteiger partial charge in [-0.05, 0) is 13.0 Å². The summed E-state index contributed by atoms with van der Waals surface area (Å²) in [5.74, 6) is 1.47. The number of nitrogens with one attached hydrogen (secondary N) is 1. The topological polar surface area (TPSA) is 93.4 Å². The lowest BCUT2D eigenvalue weighted by molar-refractivity contribution is 0.0901. The van der Waals surface area contributed by atoms with Gasteiger partial charge in [0, 0.05) is 44.1 Å². The lowest BCUT2D eigenvalue weighted by Gasteiger charge is -2.19. The number of nitrogens with zero attached hydrogens (tertiary/aromatic N) is 4. The number of aryl methyl sites for hydroxylation is 1. The Kier molecular flexibility index (Phi) is 4.46. The van der Waals surface area contributed by atoms with Crippen molar-refractivity contribution in [2.75, 3.05) is 26.2 Å². The van der Waals surface area contributed by atoms with Crippen LogP contribution in [0.15, 0.2) is 29.0 Å². The number of carbonyl (C=O) groups excluding carboxylic acids is 1. The molecular weight excluding hydrogens is 322 g/mol. The van der Waals surface area contributed by atoms with Gasteiger partial charge in [0.05, 0.1) is 36.4 Å². The van der Waals surface area contributed by atoms with Gasteiger partial charge in [-0.15, -0.1) is 0 Å². The summed E-state index contributed by atoms with van der Waals surface area (Å²) >= 11 is 0. The number of aromatic nitrogens is 3. The van der Waals surface area contributed by atoms with Crippen LogP contribution in [0.4, 0.5) is 0 Å². The van der Waals surface area contributed by atoms with Gasteiger partial charge in [0.1, 0.15) is 5.76 Å². The zero-order valence-electron chi connectivity index (χ0n) is 14.1. The zero-order chi connectivity index (χ0) is 17.2. The molecule has 3 atom stereocenters. The molecule has 0 spiro atoms. The summed E-state index contributed by atoms with van der Waals surface area (Å²) in [6, 6.07) is 3.63. The van der Waals surface area contributed by atoms with Crippen LogP contribution >= 0.6 is 0 Å². The van der Waals surface area contributed by atoms with Crippen molar-refractivity contribution < 1.29 is 14.1 Å². The van der Waals surface area contributed by atoms with Crippen molar-refractivity contribution >= 4 is 5.91 Å². The maximum Gasteiger partial charge on any atom is 0.252 e. The Morgan fingerprint density at radius 1 is 1.40 bits per heavy atom. The van der Waals surface area contributed by atoms with Crippen LogP contribution in [0.25, 0.3) is 0 Å². The molecule has 0 bridgehead atoms. The average Bonchev–Trinajstić information content (AvgIpc) is 3.30. The number of carbonyl (C=O) groups is 1. The summed E-state index contributed by atoms with van der Waals surface area (Å²) in [4.78, 5) is 14.5. The smallest absolute Gasteiger partial charge is 0.252 e. The first-order chi connectivity index (χ1) is 12.2. The second kappa shape index (κ2) is 6.89. The maximum absolute atomic E-state index is 12.2. The second-order valence-electron chi connectivity index (χ2n) is 6.76. The minimum absolute atomic E-state index is 0.119. The lowest BCUT2D eigenvalue weighted by Crippen LogP contribution is -2.34. The first-order valence-corrected chi connectivity index (χ1v) is 8.50. The molecule has 132 valence electrons. The first kappa shape index (κ1) is 16.2. The van der Waals surface area contributed by atoms with Gasteiger partial charge in [-0.3, -0.25) is 9.69 Å². The van der Waals surface area contributed by atoms with Crippen LogP contribution in [-0.4, -0.2) is 58.5 Å². The van der Waals surface area contributed by atoms with Crippen LogP contribution in [0.1, 0.15) is 21.8 Å². The Morgan fingerprint density at radius 3 is 3.08 bits per heavy atom. The van der Waals surface area contributed by atoms with Crippen molar-refractivity contribution in [1.82, 2.24) is 25.6 Å². The third kappa shape index (κ3) is 3.54. The van der Waals surface area contributed by atoms with Crippen molar-refractivity contribution in [3.63, 3.8) is 0 Å². The van der Waals surface area contributed by atoms with Crippen molar-refractivity contribution in [2.45, 2.75) is 19.6 Å². The SMILES string of the molecule is Cc1cc(CN2C[C@H]3[C@@H](CNC(=O)c4ccnnc4)CO[C@H]3C2)no1. The van der Waals surface area contributed by atoms with Crippen LogP contribution in [-0.2, 0) is 11.3 Å². The van der Waals surface area contributed by atoms with E-state index in [-0.39, 0.29) is 12.0 Å². The highest BCUT2D eigenvalue weighted by molar-refractivity contribution is 5.93. The van der Waals surface area contributed by atoms with Gasteiger partial charge in [0.25, 0.3) is 5.91 Å². The Hall–Kier alpha value is -2.32. The molecule has 2 aliphatic heterocycles. The van der Waals surface area contributed by atoms with E-state index in [1.165, 1.54) is 12.4 Å². The molecular formula is C17H21N5O3. The van der Waals surface area contributed by atoms with Crippen LogP contribution in [0.5, 0.6) is 0 Å². The molecule has 2 saturated heterocycles. The van der Waals surface area contributed by atoms with E-state index in [9.17, 15) is 4.79 Å². The zero-order valence-corrected chi connectivity index (χ0v) is 14.1. The minimum Gasteiger partial charge on any atom is -0.376 e. The second-order valence-corrected chi connectivity index (χ2v) is 6.76. The lowest BCUT2D eigenvalue weighted by atomic mass is 9.93. The van der Waals surface area contributed by atoms with E-state index in [0.29, 0.717) is 30.6 Å². The summed E-state index contributed by atoms with van der Waals surface area (Å²) < 4.78 is 11.1. The Balaban J connectivity index is 1.30. The Labute approximate surface area is 145 Å². The van der Waals surface area contributed by atoms with Gasteiger partial charge in [-0.2, -0.15) is 10.2 Å². The van der Waals surface area contributed by atoms with E-state index in [1.54, 1.807) is 6.07 Å². The summed E-state index contributed by atoms with van der Waals surface area (Å²) in [5.41, 5.74) is 1.48. The van der Waals surface area contributed by atoms with Crippen LogP contribution in [0, 0.1) is 18.8 Å². The third-order valence-corrected chi connectivity index (χ3v) is 4.95. The summed E-state index contributed by atoms with van der Waals surface area (Å²) in [7, 11) is 0. The Bertz CT molecular complexity index is 735. The molecule has 2 aromatic rings. The molecule has 2 aliphatic rings. The predicted molar refractivity (Wildman–Crippen MR) is 87.6 cm³/mol. The molecule has 4 rings (SSSR count). The number of hydrogen-bond donors (Lipinski definition) is 1. The largest absolute Gasteiger partial charge is 0.376 e. The number of likely N-dealkylation sites (tertiary alicyclic amines) is 1. The van der Waals surface area contributed by atoms with E-state index in [0.717, 1.165) is 31.1 Å². The molecule has 0 saturated carbocycles. The number of rotatable bonds is 5. The number of hydrogen-bond acceptors (Lipinski definition) is 7. The van der Waals surface area contributed by atoms with Crippen molar-refractivity contribution in [2.24, 2.45) is 11.8 Å². The van der Waals surface area contributed by atoms with Gasteiger partial charge in [0.2, 0.25) is 0 Å². The molecule has 0 unspecified atom stereocenters. The highest BCUT2D eigenvalue weighted by atomic mass is 16.5. The van der Waals surface area contributed by atoms with Gasteiger partial charge >= 0.3 is 0 Å². The molecule has 8 nitrogen and oxygen atoms in total. The molecule has 2 aromatic heterocycles. The van der Waals surface area contributed by atoms with Crippen molar-refractivity contribution in [3.8, 4) is 0 Å². The standard InChI is InChI=1S/C17H21N5O3/c1-11-4-14(21-25-11)7-22-8-15-13(10-24-16(15)9-22)5-18-17(23)12-2-3-19-20-6-12/h2-4,6,13,15-16H,5,7-10H2,1H3,(H,18,23)/t13-,15-,16-/m0/s1. The van der Waals surface area contributed by atoms with Crippen LogP contribution < -0.4 is 5.32 Å². The van der Waals surface area contributed by atoms with Crippen molar-refractivity contribution in [1.29, 1.82) is 0 Å². The van der Waals surface area contributed by atoms with Crippen LogP contribution in [0.2, 0.25) is 0 Å². The van der Waals surface area contributed by atoms with E-state index < -0.39 is 0 Å². The predicted octanol–water partition coefficient (Wildman–Crippen LogP) is 0.650. The fourth-order valence-electron chi connectivity index (χ4n) is 3.69. The molecule has 0 radical (unpaired) electrons. The summed E-state index contributed by atoms with van der Waals surface area (Å²) in [6.07, 6.45) is 3.22. The van der Waals surface area contributed by atoms with E-state index in [4.69, 9.17) is 9.26 Å². The monoisotopic (exact) mass is 343 g/mol. The molecule has 1 amide bonds. The number of amides is 1. The van der Waals surface area contributed by atoms with E-state index >= 15 is 0 Å². The summed E-state index contributed by atoms with van der Waals surface area (Å²) in [5, 5.41) is 14.5.